The summed E-state index contributed by atoms with van der Waals surface area (Å²) in [5, 5.41) is 8.89. The van der Waals surface area contributed by atoms with Crippen molar-refractivity contribution in [1.29, 1.82) is 0 Å². The molecule has 0 saturated heterocycles. The Morgan fingerprint density at radius 1 is 0.654 bits per heavy atom. The van der Waals surface area contributed by atoms with Crippen LogP contribution in [0, 0.1) is 23.7 Å². The lowest BCUT2D eigenvalue weighted by Gasteiger charge is -2.16. The van der Waals surface area contributed by atoms with Crippen molar-refractivity contribution in [1.82, 2.24) is 0 Å². The molecule has 1 N–H and O–H groups in total. The average molecular weight is 367 g/mol. The van der Waals surface area contributed by atoms with Crippen molar-refractivity contribution in [3.8, 4) is 0 Å². The van der Waals surface area contributed by atoms with Gasteiger partial charge in [0.2, 0.25) is 0 Å². The van der Waals surface area contributed by atoms with E-state index in [4.69, 9.17) is 5.11 Å². The normalized spacial score (nSPS) is 16.1. The monoisotopic (exact) mass is 366 g/mol. The summed E-state index contributed by atoms with van der Waals surface area (Å²) < 4.78 is 0. The predicted molar refractivity (Wildman–Crippen MR) is 119 cm³/mol. The molecule has 0 aromatic carbocycles. The summed E-state index contributed by atoms with van der Waals surface area (Å²) in [4.78, 5) is 0. The van der Waals surface area contributed by atoms with E-state index in [1.807, 2.05) is 6.08 Å². The van der Waals surface area contributed by atoms with Crippen LogP contribution in [0.2, 0.25) is 0 Å². The summed E-state index contributed by atoms with van der Waals surface area (Å²) in [5.41, 5.74) is 1.34. The quantitative estimate of drug-likeness (QED) is 0.257. The first-order valence-corrected chi connectivity index (χ1v) is 11.6. The number of rotatable bonds is 17. The molecule has 0 heterocycles. The third kappa shape index (κ3) is 17.1. The van der Waals surface area contributed by atoms with Crippen molar-refractivity contribution in [2.45, 2.75) is 119 Å². The van der Waals surface area contributed by atoms with Gasteiger partial charge in [-0.15, -0.1) is 0 Å². The summed E-state index contributed by atoms with van der Waals surface area (Å²) >= 11 is 0. The molecular formula is C25H50O. The van der Waals surface area contributed by atoms with Crippen molar-refractivity contribution in [3.63, 3.8) is 0 Å². The van der Waals surface area contributed by atoms with Crippen molar-refractivity contribution >= 4 is 0 Å². The number of aliphatic hydroxyl groups excluding tert-OH is 1. The first-order chi connectivity index (χ1) is 12.3. The Balaban J connectivity index is 3.58. The third-order valence-electron chi connectivity index (χ3n) is 5.97. The van der Waals surface area contributed by atoms with Gasteiger partial charge in [0.25, 0.3) is 0 Å². The van der Waals surface area contributed by atoms with Gasteiger partial charge in [-0.2, -0.15) is 0 Å². The summed E-state index contributed by atoms with van der Waals surface area (Å²) in [7, 11) is 0. The number of allylic oxidation sites excluding steroid dienone is 1. The van der Waals surface area contributed by atoms with Gasteiger partial charge in [0, 0.05) is 0 Å². The molecule has 156 valence electrons. The number of hydrogen-bond donors (Lipinski definition) is 1. The van der Waals surface area contributed by atoms with Crippen LogP contribution in [0.3, 0.4) is 0 Å². The Morgan fingerprint density at radius 2 is 1.04 bits per heavy atom. The minimum Gasteiger partial charge on any atom is -0.392 e. The van der Waals surface area contributed by atoms with Crippen molar-refractivity contribution in [3.05, 3.63) is 11.6 Å². The molecule has 0 aromatic rings. The largest absolute Gasteiger partial charge is 0.392 e. The van der Waals surface area contributed by atoms with Crippen LogP contribution in [0.25, 0.3) is 0 Å². The zero-order valence-electron chi connectivity index (χ0n) is 19.0. The van der Waals surface area contributed by atoms with Crippen LogP contribution in [0.4, 0.5) is 0 Å². The van der Waals surface area contributed by atoms with Gasteiger partial charge in [0.15, 0.2) is 0 Å². The first-order valence-electron chi connectivity index (χ1n) is 11.6. The summed E-state index contributed by atoms with van der Waals surface area (Å²) in [6.07, 6.45) is 18.4. The van der Waals surface area contributed by atoms with Crippen molar-refractivity contribution in [2.75, 3.05) is 6.61 Å². The third-order valence-corrected chi connectivity index (χ3v) is 5.97. The number of aliphatic hydroxyl groups is 1. The molecule has 0 aliphatic heterocycles. The maximum Gasteiger partial charge on any atom is 0.0614 e. The molecule has 0 spiro atoms. The smallest absolute Gasteiger partial charge is 0.0614 e. The van der Waals surface area contributed by atoms with E-state index in [9.17, 15) is 0 Å². The Labute approximate surface area is 166 Å². The highest BCUT2D eigenvalue weighted by atomic mass is 16.2. The second kappa shape index (κ2) is 16.8. The lowest BCUT2D eigenvalue weighted by Crippen LogP contribution is -2.01. The molecule has 3 unspecified atom stereocenters. The van der Waals surface area contributed by atoms with Crippen LogP contribution in [0.5, 0.6) is 0 Å². The van der Waals surface area contributed by atoms with E-state index >= 15 is 0 Å². The highest BCUT2D eigenvalue weighted by Crippen LogP contribution is 2.23. The molecule has 0 amide bonds. The number of hydrogen-bond acceptors (Lipinski definition) is 1. The van der Waals surface area contributed by atoms with Crippen LogP contribution in [-0.4, -0.2) is 11.7 Å². The van der Waals surface area contributed by atoms with Gasteiger partial charge in [-0.1, -0.05) is 110 Å². The summed E-state index contributed by atoms with van der Waals surface area (Å²) in [6, 6.07) is 0. The average Bonchev–Trinajstić information content (AvgIpc) is 2.54. The maximum atomic E-state index is 8.89. The molecule has 1 heteroatoms. The van der Waals surface area contributed by atoms with E-state index in [1.165, 1.54) is 76.2 Å². The molecule has 1 nitrogen and oxygen atoms in total. The van der Waals surface area contributed by atoms with Gasteiger partial charge in [0.05, 0.1) is 6.61 Å². The zero-order chi connectivity index (χ0) is 19.8. The van der Waals surface area contributed by atoms with Gasteiger partial charge < -0.3 is 5.11 Å². The molecule has 0 fully saturated rings. The van der Waals surface area contributed by atoms with E-state index in [0.717, 1.165) is 30.1 Å². The summed E-state index contributed by atoms with van der Waals surface area (Å²) in [5.74, 6) is 3.54. The Hall–Kier alpha value is -0.300. The molecule has 0 aromatic heterocycles. The second-order valence-corrected chi connectivity index (χ2v) is 9.63. The van der Waals surface area contributed by atoms with Gasteiger partial charge in [-0.05, 0) is 43.4 Å². The predicted octanol–water partition coefficient (Wildman–Crippen LogP) is 8.17. The van der Waals surface area contributed by atoms with Crippen LogP contribution < -0.4 is 0 Å². The zero-order valence-corrected chi connectivity index (χ0v) is 19.0. The molecular weight excluding hydrogens is 316 g/mol. The lowest BCUT2D eigenvalue weighted by atomic mass is 9.90. The van der Waals surface area contributed by atoms with Crippen molar-refractivity contribution < 1.29 is 5.11 Å². The van der Waals surface area contributed by atoms with Gasteiger partial charge in [-0.3, -0.25) is 0 Å². The van der Waals surface area contributed by atoms with Gasteiger partial charge in [0.1, 0.15) is 0 Å². The highest BCUT2D eigenvalue weighted by Gasteiger charge is 2.08. The molecule has 0 bridgehead atoms. The topological polar surface area (TPSA) is 20.2 Å². The van der Waals surface area contributed by atoms with Crippen LogP contribution in [0.15, 0.2) is 11.6 Å². The van der Waals surface area contributed by atoms with E-state index in [0.29, 0.717) is 0 Å². The van der Waals surface area contributed by atoms with E-state index in [2.05, 4.69) is 41.5 Å². The summed E-state index contributed by atoms with van der Waals surface area (Å²) in [6.45, 7) is 14.3. The Kier molecular flexibility index (Phi) is 16.6. The molecule has 0 aliphatic carbocycles. The van der Waals surface area contributed by atoms with E-state index < -0.39 is 0 Å². The lowest BCUT2D eigenvalue weighted by molar-refractivity contribution is 0.341. The van der Waals surface area contributed by atoms with Gasteiger partial charge in [-0.25, -0.2) is 0 Å². The molecule has 0 saturated carbocycles. The Morgan fingerprint density at radius 3 is 1.42 bits per heavy atom. The Bertz CT molecular complexity index is 331. The molecule has 3 atom stereocenters. The van der Waals surface area contributed by atoms with Crippen LogP contribution in [-0.2, 0) is 0 Å². The highest BCUT2D eigenvalue weighted by molar-refractivity contribution is 4.97. The fraction of sp³-hybridized carbons (Fsp3) is 0.920. The van der Waals surface area contributed by atoms with Crippen molar-refractivity contribution in [2.24, 2.45) is 23.7 Å². The first kappa shape index (κ1) is 25.7. The van der Waals surface area contributed by atoms with Crippen LogP contribution >= 0.6 is 0 Å². The van der Waals surface area contributed by atoms with E-state index in [-0.39, 0.29) is 6.61 Å². The fourth-order valence-electron chi connectivity index (χ4n) is 3.92. The molecule has 0 rings (SSSR count). The maximum absolute atomic E-state index is 8.89. The van der Waals surface area contributed by atoms with Gasteiger partial charge >= 0.3 is 0 Å². The van der Waals surface area contributed by atoms with Crippen LogP contribution in [0.1, 0.15) is 119 Å². The molecule has 26 heavy (non-hydrogen) atoms. The minimum atomic E-state index is 0.190. The standard InChI is InChI=1S/C25H50O/c1-21(2)11-7-12-22(3)13-8-14-23(4)15-9-16-24(5)17-10-18-25(6)19-20-26/h19,21-24,26H,7-18,20H2,1-6H3/b25-19+. The van der Waals surface area contributed by atoms with E-state index in [1.54, 1.807) is 0 Å². The minimum absolute atomic E-state index is 0.190. The molecule has 0 aliphatic rings. The molecule has 0 radical (unpaired) electrons. The second-order valence-electron chi connectivity index (χ2n) is 9.63. The fourth-order valence-corrected chi connectivity index (χ4v) is 3.92. The SMILES string of the molecule is C/C(=C\CO)CCCC(C)CCCC(C)CCCC(C)CCCC(C)C.